The number of carbonyl (C=O) groups is 3. The summed E-state index contributed by atoms with van der Waals surface area (Å²) in [5.41, 5.74) is 4.29. The second-order valence-corrected chi connectivity index (χ2v) is 23.9. The molecule has 2 amide bonds. The average molecular weight is 1050 g/mol. The Kier molecular flexibility index (Phi) is 24.1. The van der Waals surface area contributed by atoms with Gasteiger partial charge in [-0.05, 0) is 24.2 Å². The molecule has 68 heavy (non-hydrogen) atoms. The number of carbonyl (C=O) groups excluding carboxylic acids is 3. The van der Waals surface area contributed by atoms with Crippen LogP contribution in [0.5, 0.6) is 0 Å². The molecule has 10 unspecified atom stereocenters. The molecule has 28 heteroatoms. The van der Waals surface area contributed by atoms with Crippen LogP contribution in [0.4, 0.5) is 5.82 Å². The van der Waals surface area contributed by atoms with Crippen LogP contribution in [0.25, 0.3) is 11.2 Å². The summed E-state index contributed by atoms with van der Waals surface area (Å²) in [6.45, 7) is 11.6. The molecular weight excluding hydrogens is 975 g/mol. The molecule has 10 atom stereocenters. The van der Waals surface area contributed by atoms with Gasteiger partial charge in [0.1, 0.15) is 36.3 Å². The molecular formula is C40H72N7O17P3S. The zero-order valence-corrected chi connectivity index (χ0v) is 43.2. The van der Waals surface area contributed by atoms with Gasteiger partial charge < -0.3 is 50.9 Å². The summed E-state index contributed by atoms with van der Waals surface area (Å²) in [4.78, 5) is 89.0. The summed E-state index contributed by atoms with van der Waals surface area (Å²) in [5.74, 6) is 1.01. The third-order valence-corrected chi connectivity index (χ3v) is 15.5. The van der Waals surface area contributed by atoms with Crippen molar-refractivity contribution in [1.29, 1.82) is 0 Å². The quantitative estimate of drug-likeness (QED) is 0.0353. The van der Waals surface area contributed by atoms with E-state index in [1.54, 1.807) is 0 Å². The van der Waals surface area contributed by atoms with Crippen LogP contribution in [0.15, 0.2) is 12.7 Å². The van der Waals surface area contributed by atoms with Crippen LogP contribution in [-0.4, -0.2) is 123 Å². The number of thioether (sulfide) groups is 1. The molecule has 0 bridgehead atoms. The number of anilines is 1. The van der Waals surface area contributed by atoms with Gasteiger partial charge in [-0.25, -0.2) is 28.6 Å². The SMILES string of the molecule is CC(C)CCCC(C)CCCC(C)CCCC(C)C(=O)SCCNC(=O)CCNC(=O)C(O)C(C)(C)COP(=O)(O)OP(=O)(O)OCC1OC(n2cnc3c(N)ncnc32)C(O)C1OP(=O)(O)O. The van der Waals surface area contributed by atoms with E-state index in [0.29, 0.717) is 11.7 Å². The third kappa shape index (κ3) is 20.7. The molecule has 1 aliphatic rings. The molecule has 3 heterocycles. The monoisotopic (exact) mass is 1050 g/mol. The van der Waals surface area contributed by atoms with Crippen molar-refractivity contribution in [2.75, 3.05) is 37.8 Å². The van der Waals surface area contributed by atoms with Gasteiger partial charge in [0.2, 0.25) is 11.8 Å². The number of aliphatic hydroxyl groups is 2. The second kappa shape index (κ2) is 27.4. The van der Waals surface area contributed by atoms with Crippen molar-refractivity contribution in [3.8, 4) is 0 Å². The number of phosphoric ester groups is 3. The minimum absolute atomic E-state index is 0.0330. The molecule has 0 radical (unpaired) electrons. The summed E-state index contributed by atoms with van der Waals surface area (Å²) in [6, 6.07) is 0. The van der Waals surface area contributed by atoms with Crippen LogP contribution >= 0.6 is 35.2 Å². The molecule has 1 aliphatic heterocycles. The molecule has 0 saturated carbocycles. The molecule has 0 spiro atoms. The average Bonchev–Trinajstić information content (AvgIpc) is 3.80. The number of hydrogen-bond donors (Lipinski definition) is 9. The van der Waals surface area contributed by atoms with Crippen molar-refractivity contribution in [3.63, 3.8) is 0 Å². The Labute approximate surface area is 401 Å². The number of nitrogen functional groups attached to an aromatic ring is 1. The van der Waals surface area contributed by atoms with Gasteiger partial charge >= 0.3 is 23.5 Å². The van der Waals surface area contributed by atoms with E-state index in [4.69, 9.17) is 19.5 Å². The molecule has 390 valence electrons. The number of nitrogens with zero attached hydrogens (tertiary/aromatic N) is 4. The lowest BCUT2D eigenvalue weighted by Crippen LogP contribution is -2.46. The first-order valence-electron chi connectivity index (χ1n) is 22.7. The normalized spacial score (nSPS) is 21.5. The Balaban J connectivity index is 1.34. The summed E-state index contributed by atoms with van der Waals surface area (Å²) in [6.07, 6.45) is 3.58. The number of phosphoric acid groups is 3. The van der Waals surface area contributed by atoms with E-state index in [1.165, 1.54) is 52.4 Å². The van der Waals surface area contributed by atoms with Gasteiger partial charge in [-0.15, -0.1) is 0 Å². The van der Waals surface area contributed by atoms with Crippen LogP contribution < -0.4 is 16.4 Å². The maximum absolute atomic E-state index is 12.8. The van der Waals surface area contributed by atoms with Crippen LogP contribution in [0, 0.1) is 29.1 Å². The number of nitrogens with two attached hydrogens (primary N) is 1. The Bertz CT molecular complexity index is 2080. The van der Waals surface area contributed by atoms with Gasteiger partial charge in [-0.1, -0.05) is 112 Å². The van der Waals surface area contributed by atoms with Gasteiger partial charge in [0, 0.05) is 36.6 Å². The topological polar surface area (TPSA) is 364 Å². The molecule has 0 aliphatic carbocycles. The minimum Gasteiger partial charge on any atom is -0.386 e. The first-order valence-corrected chi connectivity index (χ1v) is 28.2. The Morgan fingerprint density at radius 2 is 1.49 bits per heavy atom. The first kappa shape index (κ1) is 59.9. The van der Waals surface area contributed by atoms with Crippen molar-refractivity contribution in [2.45, 2.75) is 143 Å². The van der Waals surface area contributed by atoms with Crippen LogP contribution in [0.1, 0.15) is 119 Å². The Morgan fingerprint density at radius 1 is 0.882 bits per heavy atom. The number of rotatable bonds is 32. The fourth-order valence-electron chi connectivity index (χ4n) is 7.29. The first-order chi connectivity index (χ1) is 31.6. The zero-order chi connectivity index (χ0) is 51.0. The van der Waals surface area contributed by atoms with E-state index in [0.717, 1.165) is 60.1 Å². The molecule has 24 nitrogen and oxygen atoms in total. The predicted octanol–water partition coefficient (Wildman–Crippen LogP) is 4.74. The Hall–Kier alpha value is -2.44. The predicted molar refractivity (Wildman–Crippen MR) is 251 cm³/mol. The minimum atomic E-state index is -5.58. The number of fused-ring (bicyclic) bond motifs is 1. The maximum atomic E-state index is 12.8. The van der Waals surface area contributed by atoms with Crippen molar-refractivity contribution < 1.29 is 80.5 Å². The number of ether oxygens (including phenoxy) is 1. The summed E-state index contributed by atoms with van der Waals surface area (Å²) in [5, 5.41) is 26.7. The highest BCUT2D eigenvalue weighted by Crippen LogP contribution is 2.61. The van der Waals surface area contributed by atoms with E-state index in [2.05, 4.69) is 62.1 Å². The van der Waals surface area contributed by atoms with E-state index in [9.17, 15) is 57.9 Å². The lowest BCUT2D eigenvalue weighted by molar-refractivity contribution is -0.137. The van der Waals surface area contributed by atoms with Crippen molar-refractivity contribution in [2.24, 2.45) is 29.1 Å². The van der Waals surface area contributed by atoms with E-state index in [1.807, 2.05) is 6.92 Å². The summed E-state index contributed by atoms with van der Waals surface area (Å²) in [7, 11) is -16.4. The molecule has 0 aromatic carbocycles. The molecule has 1 fully saturated rings. The van der Waals surface area contributed by atoms with Crippen LogP contribution in [0.3, 0.4) is 0 Å². The highest BCUT2D eigenvalue weighted by atomic mass is 32.2. The number of aromatic nitrogens is 4. The standard InChI is InChI=1S/C40H72N7O17P3S/c1-25(2)11-8-12-26(3)13-9-14-27(4)15-10-16-28(5)39(52)68-20-19-42-30(48)17-18-43-37(51)34(50)40(6,7)22-61-67(58,59)64-66(56,57)60-21-29-33(63-65(53,54)55)32(49)38(62-29)47-24-46-31-35(41)44-23-45-36(31)47/h23-29,32-34,38,49-50H,8-22H2,1-7H3,(H,42,48)(H,43,51)(H,56,57)(H,58,59)(H2,41,44,45)(H2,53,54,55). The zero-order valence-electron chi connectivity index (χ0n) is 39.7. The largest absolute Gasteiger partial charge is 0.481 e. The fraction of sp³-hybridized carbons (Fsp3) is 0.800. The number of aliphatic hydroxyl groups excluding tert-OH is 2. The van der Waals surface area contributed by atoms with Crippen LogP contribution in [-0.2, 0) is 50.7 Å². The summed E-state index contributed by atoms with van der Waals surface area (Å²) >= 11 is 1.16. The lowest BCUT2D eigenvalue weighted by Gasteiger charge is -2.30. The lowest BCUT2D eigenvalue weighted by atomic mass is 9.87. The number of imidazole rings is 1. The number of nitrogens with one attached hydrogen (secondary N) is 2. The smallest absolute Gasteiger partial charge is 0.386 e. The molecule has 10 N–H and O–H groups in total. The van der Waals surface area contributed by atoms with Crippen molar-refractivity contribution in [3.05, 3.63) is 12.7 Å². The maximum Gasteiger partial charge on any atom is 0.481 e. The Morgan fingerprint density at radius 3 is 2.10 bits per heavy atom. The van der Waals surface area contributed by atoms with Gasteiger partial charge in [0.05, 0.1) is 19.5 Å². The van der Waals surface area contributed by atoms with E-state index in [-0.39, 0.29) is 47.5 Å². The van der Waals surface area contributed by atoms with Crippen molar-refractivity contribution in [1.82, 2.24) is 30.2 Å². The highest BCUT2D eigenvalue weighted by molar-refractivity contribution is 8.13. The molecule has 3 rings (SSSR count). The molecule has 1 saturated heterocycles. The van der Waals surface area contributed by atoms with Gasteiger partial charge in [-0.3, -0.25) is 32.5 Å². The van der Waals surface area contributed by atoms with E-state index >= 15 is 0 Å². The molecule has 2 aromatic heterocycles. The fourth-order valence-corrected chi connectivity index (χ4v) is 10.9. The summed E-state index contributed by atoms with van der Waals surface area (Å²) < 4.78 is 62.5. The van der Waals surface area contributed by atoms with Gasteiger partial charge in [0.15, 0.2) is 22.8 Å². The van der Waals surface area contributed by atoms with E-state index < -0.39 is 84.6 Å². The van der Waals surface area contributed by atoms with Gasteiger partial charge in [-0.2, -0.15) is 4.31 Å². The second-order valence-electron chi connectivity index (χ2n) is 18.5. The van der Waals surface area contributed by atoms with Crippen LogP contribution in [0.2, 0.25) is 0 Å². The molecule has 2 aromatic rings. The third-order valence-electron chi connectivity index (χ3n) is 11.4. The number of amides is 2. The van der Waals surface area contributed by atoms with Gasteiger partial charge in [0.25, 0.3) is 0 Å². The van der Waals surface area contributed by atoms with Crippen molar-refractivity contribution >= 4 is 69.1 Å². The highest BCUT2D eigenvalue weighted by Gasteiger charge is 2.50. The number of hydrogen-bond acceptors (Lipinski definition) is 18.